The summed E-state index contributed by atoms with van der Waals surface area (Å²) in [5, 5.41) is 0. The van der Waals surface area contributed by atoms with E-state index in [0.717, 1.165) is 0 Å². The van der Waals surface area contributed by atoms with Gasteiger partial charge in [-0.05, 0) is 31.4 Å². The van der Waals surface area contributed by atoms with Gasteiger partial charge in [0.2, 0.25) is 0 Å². The van der Waals surface area contributed by atoms with Crippen LogP contribution in [0.15, 0.2) is 29.8 Å². The molecule has 0 aliphatic carbocycles. The Morgan fingerprint density at radius 1 is 1.00 bits per heavy atom. The van der Waals surface area contributed by atoms with Gasteiger partial charge < -0.3 is 0 Å². The van der Waals surface area contributed by atoms with E-state index >= 15 is 0 Å². The fourth-order valence-corrected chi connectivity index (χ4v) is 1.12. The predicted molar refractivity (Wildman–Crippen MR) is 54.8 cm³/mol. The molecule has 0 bridgehead atoms. The van der Waals surface area contributed by atoms with Gasteiger partial charge in [-0.25, -0.2) is 0 Å². The molecule has 0 aliphatic rings. The molecular weight excluding hydrogens is 144 g/mol. The molecule has 0 fully saturated rings. The Morgan fingerprint density at radius 3 is 1.92 bits per heavy atom. The molecule has 0 aliphatic heterocycles. The van der Waals surface area contributed by atoms with Gasteiger partial charge in [0.15, 0.2) is 0 Å². The molecule has 0 saturated carbocycles. The molecular formula is C12H15. The van der Waals surface area contributed by atoms with Crippen molar-refractivity contribution in [3.63, 3.8) is 0 Å². The lowest BCUT2D eigenvalue weighted by molar-refractivity contribution is 1.40. The zero-order valence-electron chi connectivity index (χ0n) is 7.96. The summed E-state index contributed by atoms with van der Waals surface area (Å²) in [5.74, 6) is 0. The van der Waals surface area contributed by atoms with Gasteiger partial charge in [-0.2, -0.15) is 0 Å². The van der Waals surface area contributed by atoms with Crippen molar-refractivity contribution in [2.75, 3.05) is 0 Å². The number of rotatable bonds is 2. The summed E-state index contributed by atoms with van der Waals surface area (Å²) < 4.78 is 0. The van der Waals surface area contributed by atoms with E-state index in [1.54, 1.807) is 0 Å². The zero-order chi connectivity index (χ0) is 8.97. The minimum Gasteiger partial charge on any atom is -0.0758 e. The molecule has 0 heterocycles. The molecule has 0 amide bonds. The largest absolute Gasteiger partial charge is 0.0758 e. The highest BCUT2D eigenvalue weighted by atomic mass is 13.9. The van der Waals surface area contributed by atoms with Crippen LogP contribution < -0.4 is 0 Å². The Balaban J connectivity index is 2.85. The summed E-state index contributed by atoms with van der Waals surface area (Å²) in [6.07, 6.45) is 4.28. The molecule has 0 saturated heterocycles. The third-order valence-corrected chi connectivity index (χ3v) is 1.73. The van der Waals surface area contributed by atoms with Gasteiger partial charge in [-0.3, -0.25) is 0 Å². The molecule has 0 spiro atoms. The maximum Gasteiger partial charge on any atom is -0.0124 e. The molecule has 12 heavy (non-hydrogen) atoms. The van der Waals surface area contributed by atoms with Crippen molar-refractivity contribution in [3.8, 4) is 0 Å². The summed E-state index contributed by atoms with van der Waals surface area (Å²) in [5.41, 5.74) is 3.89. The van der Waals surface area contributed by atoms with Gasteiger partial charge in [0.05, 0.1) is 0 Å². The summed E-state index contributed by atoms with van der Waals surface area (Å²) in [4.78, 5) is 0. The molecule has 1 aromatic carbocycles. The second kappa shape index (κ2) is 4.10. The second-order valence-corrected chi connectivity index (χ2v) is 3.18. The third-order valence-electron chi connectivity index (χ3n) is 1.73. The van der Waals surface area contributed by atoms with Crippen LogP contribution in [0.5, 0.6) is 0 Å². The zero-order valence-corrected chi connectivity index (χ0v) is 7.96. The van der Waals surface area contributed by atoms with Crippen molar-refractivity contribution < 1.29 is 0 Å². The first kappa shape index (κ1) is 9.05. The number of hydrogen-bond donors (Lipinski definition) is 0. The van der Waals surface area contributed by atoms with Crippen LogP contribution >= 0.6 is 0 Å². The smallest absolute Gasteiger partial charge is 0.0124 e. The molecule has 1 aromatic rings. The molecule has 0 nitrogen and oxygen atoms in total. The Kier molecular flexibility index (Phi) is 3.09. The average Bonchev–Trinajstić information content (AvgIpc) is 2.05. The van der Waals surface area contributed by atoms with Gasteiger partial charge in [-0.15, -0.1) is 0 Å². The standard InChI is InChI=1S/C12H15/c1-4-11-5-7-12(8-6-11)9-10(2)3/h4-9H,1-3H3. The van der Waals surface area contributed by atoms with Gasteiger partial charge in [0, 0.05) is 0 Å². The number of allylic oxidation sites excluding steroid dienone is 1. The lowest BCUT2D eigenvalue weighted by Crippen LogP contribution is -1.77. The fraction of sp³-hybridized carbons (Fsp3) is 0.250. The van der Waals surface area contributed by atoms with Crippen molar-refractivity contribution >= 4 is 6.08 Å². The monoisotopic (exact) mass is 159 g/mol. The lowest BCUT2D eigenvalue weighted by atomic mass is 10.1. The third kappa shape index (κ3) is 2.54. The van der Waals surface area contributed by atoms with Crippen molar-refractivity contribution in [3.05, 3.63) is 47.4 Å². The molecule has 0 unspecified atom stereocenters. The first-order valence-electron chi connectivity index (χ1n) is 4.26. The van der Waals surface area contributed by atoms with Crippen LogP contribution in [0.4, 0.5) is 0 Å². The van der Waals surface area contributed by atoms with Crippen molar-refractivity contribution in [2.45, 2.75) is 20.8 Å². The highest BCUT2D eigenvalue weighted by Gasteiger charge is 1.89. The summed E-state index contributed by atoms with van der Waals surface area (Å²) >= 11 is 0. The molecule has 1 rings (SSSR count). The first-order valence-corrected chi connectivity index (χ1v) is 4.26. The summed E-state index contributed by atoms with van der Waals surface area (Å²) in [7, 11) is 0. The maximum absolute atomic E-state index is 2.18. The van der Waals surface area contributed by atoms with E-state index in [1.165, 1.54) is 16.7 Å². The molecule has 0 N–H and O–H groups in total. The molecule has 0 atom stereocenters. The maximum atomic E-state index is 2.18. The van der Waals surface area contributed by atoms with Crippen LogP contribution in [0.2, 0.25) is 0 Å². The van der Waals surface area contributed by atoms with Crippen LogP contribution in [-0.2, 0) is 0 Å². The topological polar surface area (TPSA) is 0 Å². The summed E-state index contributed by atoms with van der Waals surface area (Å²) in [6.45, 7) is 6.27. The van der Waals surface area contributed by atoms with Crippen LogP contribution in [0, 0.1) is 6.42 Å². The fourth-order valence-electron chi connectivity index (χ4n) is 1.12. The minimum absolute atomic E-state index is 1.28. The van der Waals surface area contributed by atoms with E-state index in [2.05, 4.69) is 57.5 Å². The number of benzene rings is 1. The van der Waals surface area contributed by atoms with E-state index in [4.69, 9.17) is 0 Å². The Bertz CT molecular complexity index is 261. The van der Waals surface area contributed by atoms with Crippen molar-refractivity contribution in [1.82, 2.24) is 0 Å². The van der Waals surface area contributed by atoms with Crippen LogP contribution in [0.3, 0.4) is 0 Å². The van der Waals surface area contributed by atoms with Crippen molar-refractivity contribution in [1.29, 1.82) is 0 Å². The first-order chi connectivity index (χ1) is 5.72. The predicted octanol–water partition coefficient (Wildman–Crippen LogP) is 3.68. The van der Waals surface area contributed by atoms with Gasteiger partial charge in [0.25, 0.3) is 0 Å². The summed E-state index contributed by atoms with van der Waals surface area (Å²) in [6, 6.07) is 8.55. The SMILES string of the molecule is C[CH]c1ccc(C=C(C)C)cc1. The number of hydrogen-bond acceptors (Lipinski definition) is 0. The van der Waals surface area contributed by atoms with Crippen LogP contribution in [0.1, 0.15) is 31.9 Å². The van der Waals surface area contributed by atoms with E-state index in [0.29, 0.717) is 0 Å². The van der Waals surface area contributed by atoms with E-state index in [1.807, 2.05) is 0 Å². The Hall–Kier alpha value is -1.04. The Labute approximate surface area is 74.9 Å². The average molecular weight is 159 g/mol. The van der Waals surface area contributed by atoms with Gasteiger partial charge >= 0.3 is 0 Å². The molecule has 0 heteroatoms. The van der Waals surface area contributed by atoms with E-state index < -0.39 is 0 Å². The van der Waals surface area contributed by atoms with Crippen molar-refractivity contribution in [2.24, 2.45) is 0 Å². The highest BCUT2D eigenvalue weighted by Crippen LogP contribution is 2.09. The quantitative estimate of drug-likeness (QED) is 0.617. The lowest BCUT2D eigenvalue weighted by Gasteiger charge is -1.97. The van der Waals surface area contributed by atoms with Crippen LogP contribution in [0.25, 0.3) is 6.08 Å². The second-order valence-electron chi connectivity index (χ2n) is 3.18. The van der Waals surface area contributed by atoms with E-state index in [-0.39, 0.29) is 0 Å². The normalized spacial score (nSPS) is 9.58. The molecule has 0 aromatic heterocycles. The van der Waals surface area contributed by atoms with Crippen LogP contribution in [-0.4, -0.2) is 0 Å². The Morgan fingerprint density at radius 2 is 1.50 bits per heavy atom. The molecule has 1 radical (unpaired) electrons. The van der Waals surface area contributed by atoms with E-state index in [9.17, 15) is 0 Å². The van der Waals surface area contributed by atoms with Gasteiger partial charge in [-0.1, -0.05) is 42.8 Å². The minimum atomic E-state index is 1.28. The van der Waals surface area contributed by atoms with Gasteiger partial charge in [0.1, 0.15) is 0 Å². The highest BCUT2D eigenvalue weighted by molar-refractivity contribution is 5.52. The molecule has 63 valence electrons.